The lowest BCUT2D eigenvalue weighted by Gasteiger charge is -2.21. The predicted octanol–water partition coefficient (Wildman–Crippen LogP) is 0.250. The maximum absolute atomic E-state index is 11.7. The van der Waals surface area contributed by atoms with E-state index in [1.807, 2.05) is 18.2 Å². The number of hydrogen-bond donors (Lipinski definition) is 2. The highest BCUT2D eigenvalue weighted by Crippen LogP contribution is 2.17. The van der Waals surface area contributed by atoms with Gasteiger partial charge in [0, 0.05) is 0 Å². The molecule has 90 valence electrons. The molecule has 1 fully saturated rings. The Bertz CT molecular complexity index is 449. The first-order chi connectivity index (χ1) is 8.03. The molecule has 6 heteroatoms. The van der Waals surface area contributed by atoms with Crippen LogP contribution >= 0.6 is 0 Å². The third kappa shape index (κ3) is 2.07. The van der Waals surface area contributed by atoms with Crippen molar-refractivity contribution < 1.29 is 14.3 Å². The molecule has 1 aromatic carbocycles. The number of ether oxygens (including phenoxy) is 1. The van der Waals surface area contributed by atoms with Gasteiger partial charge in [0.1, 0.15) is 12.4 Å². The van der Waals surface area contributed by atoms with Gasteiger partial charge in [-0.05, 0) is 19.1 Å². The Morgan fingerprint density at radius 3 is 2.53 bits per heavy atom. The van der Waals surface area contributed by atoms with Gasteiger partial charge in [-0.15, -0.1) is 0 Å². The monoisotopic (exact) mass is 235 g/mol. The third-order valence-corrected chi connectivity index (χ3v) is 2.56. The first-order valence-corrected chi connectivity index (χ1v) is 5.12. The van der Waals surface area contributed by atoms with E-state index >= 15 is 0 Å². The Hall–Kier alpha value is -2.08. The van der Waals surface area contributed by atoms with Gasteiger partial charge in [0.05, 0.1) is 0 Å². The van der Waals surface area contributed by atoms with Crippen LogP contribution in [0, 0.1) is 0 Å². The second kappa shape index (κ2) is 4.06. The molecule has 0 spiro atoms. The lowest BCUT2D eigenvalue weighted by molar-refractivity contribution is -0.131. The largest absolute Gasteiger partial charge is 0.491 e. The van der Waals surface area contributed by atoms with Crippen LogP contribution in [0.2, 0.25) is 0 Å². The first-order valence-electron chi connectivity index (χ1n) is 5.12. The molecular formula is C11H13N3O3. The van der Waals surface area contributed by atoms with Crippen molar-refractivity contribution in [2.45, 2.75) is 12.5 Å². The van der Waals surface area contributed by atoms with E-state index in [0.29, 0.717) is 10.8 Å². The van der Waals surface area contributed by atoms with Crippen LogP contribution in [-0.2, 0) is 4.79 Å². The van der Waals surface area contributed by atoms with E-state index in [2.05, 4.69) is 5.32 Å². The van der Waals surface area contributed by atoms with Gasteiger partial charge in [-0.2, -0.15) is 5.01 Å². The molecule has 3 amide bonds. The summed E-state index contributed by atoms with van der Waals surface area (Å²) in [7, 11) is 0. The molecule has 1 aliphatic rings. The van der Waals surface area contributed by atoms with Crippen LogP contribution in [0.4, 0.5) is 4.79 Å². The van der Waals surface area contributed by atoms with Gasteiger partial charge in [0.15, 0.2) is 5.54 Å². The minimum absolute atomic E-state index is 0.0370. The van der Waals surface area contributed by atoms with Crippen molar-refractivity contribution >= 4 is 11.9 Å². The molecule has 1 atom stereocenters. The van der Waals surface area contributed by atoms with Crippen molar-refractivity contribution in [2.24, 2.45) is 5.84 Å². The van der Waals surface area contributed by atoms with Gasteiger partial charge in [-0.25, -0.2) is 10.6 Å². The number of para-hydroxylation sites is 1. The number of benzene rings is 1. The van der Waals surface area contributed by atoms with Crippen LogP contribution < -0.4 is 15.9 Å². The van der Waals surface area contributed by atoms with Crippen molar-refractivity contribution in [2.75, 3.05) is 6.61 Å². The smallest absolute Gasteiger partial charge is 0.339 e. The van der Waals surface area contributed by atoms with Gasteiger partial charge in [0.2, 0.25) is 0 Å². The fraction of sp³-hybridized carbons (Fsp3) is 0.273. The van der Waals surface area contributed by atoms with Crippen LogP contribution in [0.3, 0.4) is 0 Å². The summed E-state index contributed by atoms with van der Waals surface area (Å²) in [5, 5.41) is 3.05. The number of amides is 3. The summed E-state index contributed by atoms with van der Waals surface area (Å²) in [6.07, 6.45) is 0. The van der Waals surface area contributed by atoms with Crippen LogP contribution in [0.25, 0.3) is 0 Å². The minimum Gasteiger partial charge on any atom is -0.491 e. The first kappa shape index (κ1) is 11.4. The van der Waals surface area contributed by atoms with E-state index in [0.717, 1.165) is 0 Å². The molecule has 1 saturated heterocycles. The highest BCUT2D eigenvalue weighted by Gasteiger charge is 2.47. The van der Waals surface area contributed by atoms with Gasteiger partial charge >= 0.3 is 6.03 Å². The van der Waals surface area contributed by atoms with Gasteiger partial charge < -0.3 is 10.1 Å². The zero-order valence-corrected chi connectivity index (χ0v) is 9.34. The highest BCUT2D eigenvalue weighted by atomic mass is 16.5. The number of nitrogens with one attached hydrogen (secondary N) is 1. The minimum atomic E-state index is -1.11. The maximum atomic E-state index is 11.7. The van der Waals surface area contributed by atoms with E-state index in [4.69, 9.17) is 10.6 Å². The maximum Gasteiger partial charge on any atom is 0.339 e. The normalized spacial score (nSPS) is 23.8. The molecule has 1 heterocycles. The summed E-state index contributed by atoms with van der Waals surface area (Å²) in [6, 6.07) is 8.42. The quantitative estimate of drug-likeness (QED) is 0.447. The molecule has 0 unspecified atom stereocenters. The zero-order valence-electron chi connectivity index (χ0n) is 9.34. The lowest BCUT2D eigenvalue weighted by atomic mass is 10.1. The molecular weight excluding hydrogens is 222 g/mol. The van der Waals surface area contributed by atoms with E-state index in [-0.39, 0.29) is 6.61 Å². The predicted molar refractivity (Wildman–Crippen MR) is 59.9 cm³/mol. The molecule has 1 aliphatic heterocycles. The Kier molecular flexibility index (Phi) is 2.72. The summed E-state index contributed by atoms with van der Waals surface area (Å²) in [5.74, 6) is 5.41. The van der Waals surface area contributed by atoms with Crippen molar-refractivity contribution in [1.29, 1.82) is 0 Å². The number of imide groups is 1. The fourth-order valence-corrected chi connectivity index (χ4v) is 1.55. The third-order valence-electron chi connectivity index (χ3n) is 2.56. The van der Waals surface area contributed by atoms with Gasteiger partial charge in [-0.1, -0.05) is 18.2 Å². The van der Waals surface area contributed by atoms with Gasteiger partial charge in [-0.3, -0.25) is 4.79 Å². The van der Waals surface area contributed by atoms with Crippen LogP contribution in [0.15, 0.2) is 30.3 Å². The van der Waals surface area contributed by atoms with Crippen LogP contribution in [-0.4, -0.2) is 29.1 Å². The van der Waals surface area contributed by atoms with Crippen molar-refractivity contribution in [3.63, 3.8) is 0 Å². The standard InChI is InChI=1S/C11H13N3O3/c1-11(9(15)14(12)10(16)13-11)7-17-8-5-3-2-4-6-8/h2-6H,7,12H2,1H3,(H,13,16)/t11-/m0/s1. The van der Waals surface area contributed by atoms with Crippen molar-refractivity contribution in [3.05, 3.63) is 30.3 Å². The molecule has 6 nitrogen and oxygen atoms in total. The lowest BCUT2D eigenvalue weighted by Crippen LogP contribution is -2.49. The number of hydrogen-bond acceptors (Lipinski definition) is 4. The number of nitrogens with two attached hydrogens (primary N) is 1. The number of hydrazine groups is 1. The number of carbonyl (C=O) groups excluding carboxylic acids is 2. The molecule has 3 N–H and O–H groups in total. The highest BCUT2D eigenvalue weighted by molar-refractivity contribution is 6.06. The molecule has 0 bridgehead atoms. The summed E-state index contributed by atoms with van der Waals surface area (Å²) < 4.78 is 5.44. The van der Waals surface area contributed by atoms with E-state index < -0.39 is 17.5 Å². The Balaban J connectivity index is 2.04. The Labute approximate surface area is 98.3 Å². The Morgan fingerprint density at radius 1 is 1.35 bits per heavy atom. The fourth-order valence-electron chi connectivity index (χ4n) is 1.55. The van der Waals surface area contributed by atoms with Crippen LogP contribution in [0.5, 0.6) is 5.75 Å². The van der Waals surface area contributed by atoms with Crippen molar-refractivity contribution in [1.82, 2.24) is 10.3 Å². The molecule has 17 heavy (non-hydrogen) atoms. The SMILES string of the molecule is C[C@@]1(COc2ccccc2)NC(=O)N(N)C1=O. The molecule has 0 radical (unpaired) electrons. The summed E-state index contributed by atoms with van der Waals surface area (Å²) in [6.45, 7) is 1.61. The topological polar surface area (TPSA) is 84.7 Å². The van der Waals surface area contributed by atoms with E-state index in [1.165, 1.54) is 0 Å². The van der Waals surface area contributed by atoms with E-state index in [1.54, 1.807) is 19.1 Å². The molecule has 2 rings (SSSR count). The molecule has 0 aromatic heterocycles. The zero-order chi connectivity index (χ0) is 12.5. The summed E-state index contributed by atoms with van der Waals surface area (Å²) in [4.78, 5) is 22.9. The number of carbonyl (C=O) groups is 2. The molecule has 0 saturated carbocycles. The molecule has 1 aromatic rings. The second-order valence-corrected chi connectivity index (χ2v) is 4.04. The molecule has 0 aliphatic carbocycles. The van der Waals surface area contributed by atoms with Crippen molar-refractivity contribution in [3.8, 4) is 5.75 Å². The average Bonchev–Trinajstić information content (AvgIpc) is 2.53. The average molecular weight is 235 g/mol. The number of nitrogens with zero attached hydrogens (tertiary/aromatic N) is 1. The number of urea groups is 1. The number of rotatable bonds is 3. The van der Waals surface area contributed by atoms with E-state index in [9.17, 15) is 9.59 Å². The van der Waals surface area contributed by atoms with Crippen LogP contribution in [0.1, 0.15) is 6.92 Å². The second-order valence-electron chi connectivity index (χ2n) is 4.04. The summed E-state index contributed by atoms with van der Waals surface area (Å²) in [5.41, 5.74) is -1.11. The Morgan fingerprint density at radius 2 is 2.00 bits per heavy atom. The summed E-state index contributed by atoms with van der Waals surface area (Å²) >= 11 is 0. The van der Waals surface area contributed by atoms with Gasteiger partial charge in [0.25, 0.3) is 5.91 Å².